The van der Waals surface area contributed by atoms with Crippen LogP contribution in [0, 0.1) is 20.8 Å². The maximum atomic E-state index is 10.0. The van der Waals surface area contributed by atoms with Crippen LogP contribution in [-0.2, 0) is 6.42 Å². The number of fused-ring (bicyclic) bond motifs is 1. The zero-order chi connectivity index (χ0) is 12.6. The minimum Gasteiger partial charge on any atom is -0.507 e. The van der Waals surface area contributed by atoms with Crippen molar-refractivity contribution in [2.45, 2.75) is 33.6 Å². The summed E-state index contributed by atoms with van der Waals surface area (Å²) in [6.07, 6.45) is 1.71. The monoisotopic (exact) mass is 250 g/mol. The summed E-state index contributed by atoms with van der Waals surface area (Å²) >= 11 is 1.78. The van der Waals surface area contributed by atoms with Crippen LogP contribution in [-0.4, -0.2) is 16.8 Å². The molecule has 92 valence electrons. The summed E-state index contributed by atoms with van der Waals surface area (Å²) in [6.45, 7) is 6.22. The number of rotatable bonds is 3. The first-order chi connectivity index (χ1) is 8.06. The Hall–Kier alpha value is -1.06. The first-order valence-electron chi connectivity index (χ1n) is 5.88. The molecular weight excluding hydrogens is 232 g/mol. The Morgan fingerprint density at radius 1 is 1.12 bits per heavy atom. The van der Waals surface area contributed by atoms with Gasteiger partial charge in [-0.1, -0.05) is 0 Å². The highest BCUT2D eigenvalue weighted by atomic mass is 32.1. The number of aryl methyl sites for hydroxylation is 3. The van der Waals surface area contributed by atoms with E-state index in [-0.39, 0.29) is 6.61 Å². The van der Waals surface area contributed by atoms with E-state index >= 15 is 0 Å². The number of benzene rings is 1. The van der Waals surface area contributed by atoms with Crippen LogP contribution in [0.2, 0.25) is 0 Å². The van der Waals surface area contributed by atoms with E-state index in [0.717, 1.165) is 29.4 Å². The maximum absolute atomic E-state index is 10.0. The van der Waals surface area contributed by atoms with E-state index in [1.807, 2.05) is 13.8 Å². The van der Waals surface area contributed by atoms with Crippen molar-refractivity contribution < 1.29 is 10.2 Å². The molecule has 3 heteroatoms. The minimum absolute atomic E-state index is 0.233. The van der Waals surface area contributed by atoms with Gasteiger partial charge in [-0.15, -0.1) is 11.3 Å². The molecule has 0 aliphatic carbocycles. The van der Waals surface area contributed by atoms with Crippen LogP contribution in [0.3, 0.4) is 0 Å². The minimum atomic E-state index is 0.233. The van der Waals surface area contributed by atoms with Crippen LogP contribution in [0.1, 0.15) is 28.0 Å². The van der Waals surface area contributed by atoms with Crippen LogP contribution in [0.5, 0.6) is 5.75 Å². The van der Waals surface area contributed by atoms with Crippen molar-refractivity contribution in [3.8, 4) is 5.75 Å². The second-order valence-electron chi connectivity index (χ2n) is 4.51. The number of phenols is 1. The molecule has 0 amide bonds. The van der Waals surface area contributed by atoms with Crippen molar-refractivity contribution in [3.63, 3.8) is 0 Å². The molecule has 0 saturated carbocycles. The molecular formula is C14H18O2S. The van der Waals surface area contributed by atoms with Gasteiger partial charge in [-0.25, -0.2) is 0 Å². The zero-order valence-electron chi connectivity index (χ0n) is 10.5. The van der Waals surface area contributed by atoms with E-state index in [1.165, 1.54) is 15.1 Å². The fourth-order valence-electron chi connectivity index (χ4n) is 2.13. The number of aromatic hydroxyl groups is 1. The van der Waals surface area contributed by atoms with E-state index in [0.29, 0.717) is 5.75 Å². The van der Waals surface area contributed by atoms with Crippen molar-refractivity contribution in [1.82, 2.24) is 0 Å². The van der Waals surface area contributed by atoms with E-state index in [9.17, 15) is 5.11 Å². The summed E-state index contributed by atoms with van der Waals surface area (Å²) in [7, 11) is 0. The summed E-state index contributed by atoms with van der Waals surface area (Å²) in [6, 6.07) is 2.15. The number of aliphatic hydroxyl groups excluding tert-OH is 1. The van der Waals surface area contributed by atoms with Gasteiger partial charge >= 0.3 is 0 Å². The molecule has 1 aromatic carbocycles. The van der Waals surface area contributed by atoms with Gasteiger partial charge in [0.1, 0.15) is 5.75 Å². The molecule has 2 nitrogen and oxygen atoms in total. The summed E-state index contributed by atoms with van der Waals surface area (Å²) in [5, 5.41) is 20.1. The highest BCUT2D eigenvalue weighted by Gasteiger charge is 2.13. The largest absolute Gasteiger partial charge is 0.507 e. The van der Waals surface area contributed by atoms with Crippen molar-refractivity contribution >= 4 is 21.4 Å². The Labute approximate surface area is 106 Å². The quantitative estimate of drug-likeness (QED) is 0.876. The lowest BCUT2D eigenvalue weighted by molar-refractivity contribution is 0.289. The van der Waals surface area contributed by atoms with Gasteiger partial charge in [0.25, 0.3) is 0 Å². The van der Waals surface area contributed by atoms with Crippen LogP contribution < -0.4 is 0 Å². The van der Waals surface area contributed by atoms with Crippen molar-refractivity contribution in [1.29, 1.82) is 0 Å². The van der Waals surface area contributed by atoms with Gasteiger partial charge in [0.15, 0.2) is 0 Å². The Balaban J connectivity index is 2.60. The molecule has 0 spiro atoms. The highest BCUT2D eigenvalue weighted by Crippen LogP contribution is 2.38. The molecule has 0 aliphatic rings. The van der Waals surface area contributed by atoms with Crippen LogP contribution >= 0.6 is 11.3 Å². The molecule has 17 heavy (non-hydrogen) atoms. The van der Waals surface area contributed by atoms with Gasteiger partial charge in [-0.05, 0) is 61.8 Å². The zero-order valence-corrected chi connectivity index (χ0v) is 11.3. The van der Waals surface area contributed by atoms with E-state index in [1.54, 1.807) is 11.3 Å². The van der Waals surface area contributed by atoms with Gasteiger partial charge in [0, 0.05) is 16.2 Å². The van der Waals surface area contributed by atoms with Crippen LogP contribution in [0.4, 0.5) is 0 Å². The molecule has 2 N–H and O–H groups in total. The van der Waals surface area contributed by atoms with Crippen LogP contribution in [0.25, 0.3) is 10.1 Å². The maximum Gasteiger partial charge on any atom is 0.122 e. The van der Waals surface area contributed by atoms with Crippen molar-refractivity contribution in [2.75, 3.05) is 6.61 Å². The lowest BCUT2D eigenvalue weighted by atomic mass is 10.0. The molecule has 0 atom stereocenters. The number of hydrogen-bond acceptors (Lipinski definition) is 3. The van der Waals surface area contributed by atoms with Gasteiger partial charge in [-0.2, -0.15) is 0 Å². The third-order valence-electron chi connectivity index (χ3n) is 3.38. The van der Waals surface area contributed by atoms with E-state index in [4.69, 9.17) is 5.11 Å². The first-order valence-corrected chi connectivity index (χ1v) is 6.70. The third-order valence-corrected chi connectivity index (χ3v) is 4.70. The Morgan fingerprint density at radius 2 is 1.82 bits per heavy atom. The SMILES string of the molecule is Cc1c(O)c(C)c2cc(CCCO)sc2c1C. The number of hydrogen-bond donors (Lipinski definition) is 2. The van der Waals surface area contributed by atoms with E-state index < -0.39 is 0 Å². The lowest BCUT2D eigenvalue weighted by Gasteiger charge is -2.08. The van der Waals surface area contributed by atoms with Gasteiger partial charge in [0.2, 0.25) is 0 Å². The third kappa shape index (κ3) is 2.05. The molecule has 0 aliphatic heterocycles. The predicted octanol–water partition coefficient (Wildman–Crippen LogP) is 3.46. The molecule has 0 unspecified atom stereocenters. The van der Waals surface area contributed by atoms with Gasteiger partial charge < -0.3 is 10.2 Å². The molecule has 0 bridgehead atoms. The Kier molecular flexibility index (Phi) is 3.40. The summed E-state index contributed by atoms with van der Waals surface area (Å²) in [4.78, 5) is 1.28. The molecule has 2 aromatic rings. The number of thiophene rings is 1. The Bertz CT molecular complexity index is 510. The number of aliphatic hydroxyl groups is 1. The second kappa shape index (κ2) is 4.67. The average Bonchev–Trinajstić information content (AvgIpc) is 2.75. The summed E-state index contributed by atoms with van der Waals surface area (Å²) in [5.74, 6) is 0.418. The van der Waals surface area contributed by atoms with Gasteiger partial charge in [0.05, 0.1) is 0 Å². The normalized spacial score (nSPS) is 11.3. The molecule has 0 fully saturated rings. The average molecular weight is 250 g/mol. The smallest absolute Gasteiger partial charge is 0.122 e. The first kappa shape index (κ1) is 12.4. The predicted molar refractivity (Wildman–Crippen MR) is 73.1 cm³/mol. The molecule has 2 rings (SSSR count). The summed E-state index contributed by atoms with van der Waals surface area (Å²) in [5.41, 5.74) is 3.11. The van der Waals surface area contributed by atoms with Crippen molar-refractivity contribution in [2.24, 2.45) is 0 Å². The van der Waals surface area contributed by atoms with Crippen LogP contribution in [0.15, 0.2) is 6.07 Å². The second-order valence-corrected chi connectivity index (χ2v) is 5.64. The summed E-state index contributed by atoms with van der Waals surface area (Å²) < 4.78 is 1.27. The molecule has 0 radical (unpaired) electrons. The molecule has 1 aromatic heterocycles. The molecule has 0 saturated heterocycles. The fourth-order valence-corrected chi connectivity index (χ4v) is 3.45. The fraction of sp³-hybridized carbons (Fsp3) is 0.429. The van der Waals surface area contributed by atoms with Crippen molar-refractivity contribution in [3.05, 3.63) is 27.6 Å². The van der Waals surface area contributed by atoms with E-state index in [2.05, 4.69) is 13.0 Å². The standard InChI is InChI=1S/C14H18O2S/c1-8-9(2)14-12(10(3)13(8)16)7-11(17-14)5-4-6-15/h7,15-16H,4-6H2,1-3H3. The molecule has 1 heterocycles. The topological polar surface area (TPSA) is 40.5 Å². The Morgan fingerprint density at radius 3 is 2.47 bits per heavy atom. The lowest BCUT2D eigenvalue weighted by Crippen LogP contribution is -1.86. The number of phenolic OH excluding ortho intramolecular Hbond substituents is 1. The highest BCUT2D eigenvalue weighted by molar-refractivity contribution is 7.19. The van der Waals surface area contributed by atoms with Gasteiger partial charge in [-0.3, -0.25) is 0 Å².